The van der Waals surface area contributed by atoms with Gasteiger partial charge in [-0.3, -0.25) is 0 Å². The average Bonchev–Trinajstić information content (AvgIpc) is 2.18. The van der Waals surface area contributed by atoms with Crippen LogP contribution in [0.15, 0.2) is 29.3 Å². The second-order valence-corrected chi connectivity index (χ2v) is 4.02. The predicted molar refractivity (Wildman–Crippen MR) is 78.2 cm³/mol. The van der Waals surface area contributed by atoms with E-state index in [-0.39, 0.29) is 29.5 Å². The molecule has 4 nitrogen and oxygen atoms in total. The van der Waals surface area contributed by atoms with E-state index in [4.69, 9.17) is 10.8 Å². The van der Waals surface area contributed by atoms with Gasteiger partial charge in [0.1, 0.15) is 0 Å². The van der Waals surface area contributed by atoms with Crippen LogP contribution in [0.25, 0.3) is 0 Å². The first kappa shape index (κ1) is 15.2. The van der Waals surface area contributed by atoms with Crippen LogP contribution in [0.4, 0.5) is 5.69 Å². The third kappa shape index (κ3) is 4.84. The summed E-state index contributed by atoms with van der Waals surface area (Å²) in [5, 5.41) is 9.16. The highest BCUT2D eigenvalue weighted by Crippen LogP contribution is 2.14. The Kier molecular flexibility index (Phi) is 7.15. The van der Waals surface area contributed by atoms with Gasteiger partial charge in [0.25, 0.3) is 0 Å². The van der Waals surface area contributed by atoms with Crippen molar-refractivity contribution in [1.82, 2.24) is 0 Å². The molecule has 0 aliphatic rings. The van der Waals surface area contributed by atoms with Crippen molar-refractivity contribution in [2.45, 2.75) is 6.92 Å². The van der Waals surface area contributed by atoms with Crippen molar-refractivity contribution < 1.29 is 9.90 Å². The maximum Gasteiger partial charge on any atom is 0.335 e. The molecule has 0 aromatic heterocycles. The normalized spacial score (nSPS) is 10.7. The summed E-state index contributed by atoms with van der Waals surface area (Å²) in [5.74, 6) is -0.0795. The van der Waals surface area contributed by atoms with Crippen LogP contribution in [-0.2, 0) is 0 Å². The van der Waals surface area contributed by atoms with E-state index >= 15 is 0 Å². The van der Waals surface area contributed by atoms with Gasteiger partial charge in [0.2, 0.25) is 0 Å². The SMILES string of the molecule is CCSC(N)=Nc1ccc(C(=O)O)cc1.I. The van der Waals surface area contributed by atoms with Crippen molar-refractivity contribution >= 4 is 52.6 Å². The van der Waals surface area contributed by atoms with Crippen LogP contribution in [0, 0.1) is 0 Å². The van der Waals surface area contributed by atoms with E-state index in [1.54, 1.807) is 12.1 Å². The highest BCUT2D eigenvalue weighted by molar-refractivity contribution is 14.0. The summed E-state index contributed by atoms with van der Waals surface area (Å²) in [6.07, 6.45) is 0. The number of hydrogen-bond donors (Lipinski definition) is 2. The number of amidine groups is 1. The minimum absolute atomic E-state index is 0. The number of halogens is 1. The Balaban J connectivity index is 0.00000225. The van der Waals surface area contributed by atoms with Crippen LogP contribution in [0.1, 0.15) is 17.3 Å². The lowest BCUT2D eigenvalue weighted by Gasteiger charge is -1.98. The zero-order valence-electron chi connectivity index (χ0n) is 8.71. The molecule has 0 spiro atoms. The summed E-state index contributed by atoms with van der Waals surface area (Å²) < 4.78 is 0. The molecule has 0 saturated heterocycles. The van der Waals surface area contributed by atoms with Gasteiger partial charge in [-0.2, -0.15) is 0 Å². The van der Waals surface area contributed by atoms with E-state index in [1.807, 2.05) is 6.92 Å². The Labute approximate surface area is 115 Å². The predicted octanol–water partition coefficient (Wildman–Crippen LogP) is 2.70. The summed E-state index contributed by atoms with van der Waals surface area (Å²) >= 11 is 1.45. The first-order valence-corrected chi connectivity index (χ1v) is 5.42. The molecule has 1 aromatic rings. The summed E-state index contributed by atoms with van der Waals surface area (Å²) in [5.41, 5.74) is 6.52. The topological polar surface area (TPSA) is 75.7 Å². The number of benzene rings is 1. The standard InChI is InChI=1S/C10H12N2O2S.HI/c1-2-15-10(11)12-8-5-3-7(4-6-8)9(13)14;/h3-6H,2H2,1H3,(H2,11,12)(H,13,14);1H. The van der Waals surface area contributed by atoms with Crippen LogP contribution in [-0.4, -0.2) is 22.0 Å². The molecule has 1 rings (SSSR count). The van der Waals surface area contributed by atoms with Crippen LogP contribution in [0.5, 0.6) is 0 Å². The minimum Gasteiger partial charge on any atom is -0.478 e. The fourth-order valence-corrected chi connectivity index (χ4v) is 1.45. The van der Waals surface area contributed by atoms with Gasteiger partial charge in [-0.05, 0) is 30.0 Å². The average molecular weight is 352 g/mol. The Bertz CT molecular complexity index is 379. The number of carboxylic acid groups (broad SMARTS) is 1. The molecule has 0 heterocycles. The molecule has 0 unspecified atom stereocenters. The van der Waals surface area contributed by atoms with E-state index in [0.29, 0.717) is 10.9 Å². The molecular formula is C10H13IN2O2S. The number of nitrogens with two attached hydrogens (primary N) is 1. The minimum atomic E-state index is -0.943. The van der Waals surface area contributed by atoms with Crippen molar-refractivity contribution in [3.05, 3.63) is 29.8 Å². The summed E-state index contributed by atoms with van der Waals surface area (Å²) in [4.78, 5) is 14.7. The van der Waals surface area contributed by atoms with Crippen molar-refractivity contribution in [1.29, 1.82) is 0 Å². The Hall–Kier alpha value is -0.760. The number of thioether (sulfide) groups is 1. The van der Waals surface area contributed by atoms with E-state index in [1.165, 1.54) is 23.9 Å². The van der Waals surface area contributed by atoms with E-state index in [0.717, 1.165) is 5.75 Å². The summed E-state index contributed by atoms with van der Waals surface area (Å²) in [6.45, 7) is 1.99. The number of aromatic carboxylic acids is 1. The zero-order chi connectivity index (χ0) is 11.3. The van der Waals surface area contributed by atoms with Gasteiger partial charge in [-0.15, -0.1) is 24.0 Å². The zero-order valence-corrected chi connectivity index (χ0v) is 11.9. The number of rotatable bonds is 3. The molecule has 3 N–H and O–H groups in total. The molecule has 88 valence electrons. The summed E-state index contributed by atoms with van der Waals surface area (Å²) in [6, 6.07) is 6.27. The lowest BCUT2D eigenvalue weighted by molar-refractivity contribution is 0.0697. The number of hydrogen-bond acceptors (Lipinski definition) is 3. The van der Waals surface area contributed by atoms with Gasteiger partial charge in [0.15, 0.2) is 5.17 Å². The fourth-order valence-electron chi connectivity index (χ4n) is 0.986. The van der Waals surface area contributed by atoms with Crippen molar-refractivity contribution in [3.8, 4) is 0 Å². The molecule has 0 aliphatic heterocycles. The van der Waals surface area contributed by atoms with Crippen LogP contribution in [0.3, 0.4) is 0 Å². The smallest absolute Gasteiger partial charge is 0.335 e. The quantitative estimate of drug-likeness (QED) is 0.498. The number of carboxylic acids is 1. The van der Waals surface area contributed by atoms with Gasteiger partial charge in [0.05, 0.1) is 11.3 Å². The van der Waals surface area contributed by atoms with Crippen molar-refractivity contribution in [2.75, 3.05) is 5.75 Å². The summed E-state index contributed by atoms with van der Waals surface area (Å²) in [7, 11) is 0. The Morgan fingerprint density at radius 1 is 1.44 bits per heavy atom. The molecule has 16 heavy (non-hydrogen) atoms. The van der Waals surface area contributed by atoms with Crippen LogP contribution < -0.4 is 5.73 Å². The Morgan fingerprint density at radius 2 is 2.00 bits per heavy atom. The lowest BCUT2D eigenvalue weighted by atomic mass is 10.2. The molecule has 0 amide bonds. The molecule has 0 saturated carbocycles. The highest BCUT2D eigenvalue weighted by atomic mass is 127. The number of aliphatic imine (C=N–C) groups is 1. The largest absolute Gasteiger partial charge is 0.478 e. The Morgan fingerprint density at radius 3 is 2.44 bits per heavy atom. The number of carbonyl (C=O) groups is 1. The van der Waals surface area contributed by atoms with E-state index in [9.17, 15) is 4.79 Å². The molecule has 0 fully saturated rings. The van der Waals surface area contributed by atoms with Gasteiger partial charge in [-0.25, -0.2) is 9.79 Å². The maximum absolute atomic E-state index is 10.6. The monoisotopic (exact) mass is 352 g/mol. The molecule has 6 heteroatoms. The molecular weight excluding hydrogens is 339 g/mol. The molecule has 0 radical (unpaired) electrons. The number of nitrogens with zero attached hydrogens (tertiary/aromatic N) is 1. The van der Waals surface area contributed by atoms with Gasteiger partial charge in [0, 0.05) is 0 Å². The first-order valence-electron chi connectivity index (χ1n) is 4.43. The van der Waals surface area contributed by atoms with Crippen molar-refractivity contribution in [2.24, 2.45) is 10.7 Å². The highest BCUT2D eigenvalue weighted by Gasteiger charge is 2.01. The van der Waals surface area contributed by atoms with Gasteiger partial charge in [-0.1, -0.05) is 18.7 Å². The molecule has 1 aromatic carbocycles. The third-order valence-electron chi connectivity index (χ3n) is 1.65. The molecule has 0 atom stereocenters. The third-order valence-corrected chi connectivity index (χ3v) is 2.32. The van der Waals surface area contributed by atoms with Crippen LogP contribution in [0.2, 0.25) is 0 Å². The first-order chi connectivity index (χ1) is 7.13. The molecule has 0 aliphatic carbocycles. The lowest BCUT2D eigenvalue weighted by Crippen LogP contribution is -2.05. The van der Waals surface area contributed by atoms with E-state index < -0.39 is 5.97 Å². The van der Waals surface area contributed by atoms with Crippen molar-refractivity contribution in [3.63, 3.8) is 0 Å². The second kappa shape index (κ2) is 7.50. The fraction of sp³-hybridized carbons (Fsp3) is 0.200. The second-order valence-electron chi connectivity index (χ2n) is 2.74. The maximum atomic E-state index is 10.6. The van der Waals surface area contributed by atoms with Gasteiger partial charge >= 0.3 is 5.97 Å². The van der Waals surface area contributed by atoms with Gasteiger partial charge < -0.3 is 10.8 Å². The van der Waals surface area contributed by atoms with Crippen LogP contribution >= 0.6 is 35.7 Å². The molecule has 0 bridgehead atoms. The van der Waals surface area contributed by atoms with E-state index in [2.05, 4.69) is 4.99 Å².